The molecule has 118 valence electrons. The Balaban J connectivity index is 1.32. The summed E-state index contributed by atoms with van der Waals surface area (Å²) in [4.78, 5) is 8.70. The van der Waals surface area contributed by atoms with Crippen molar-refractivity contribution >= 4 is 22.8 Å². The van der Waals surface area contributed by atoms with Crippen LogP contribution in [0.5, 0.6) is 0 Å². The number of aromatic nitrogens is 2. The topological polar surface area (TPSA) is 21.1 Å². The van der Waals surface area contributed by atoms with E-state index in [4.69, 9.17) is 4.98 Å². The Morgan fingerprint density at radius 3 is 2.70 bits per heavy atom. The van der Waals surface area contributed by atoms with Crippen molar-refractivity contribution in [2.24, 2.45) is 0 Å². The van der Waals surface area contributed by atoms with Crippen LogP contribution in [-0.2, 0) is 13.1 Å². The lowest BCUT2D eigenvalue weighted by Gasteiger charge is -2.27. The quantitative estimate of drug-likeness (QED) is 0.522. The van der Waals surface area contributed by atoms with E-state index in [9.17, 15) is 0 Å². The summed E-state index contributed by atoms with van der Waals surface area (Å²) < 4.78 is 2.38. The fraction of sp³-hybridized carbons (Fsp3) is 0.316. The average molecular weight is 323 g/mol. The minimum absolute atomic E-state index is 0.977. The molecule has 0 saturated carbocycles. The van der Waals surface area contributed by atoms with Gasteiger partial charge in [0.15, 0.2) is 0 Å². The van der Waals surface area contributed by atoms with Crippen LogP contribution in [0.1, 0.15) is 12.2 Å². The molecule has 0 fully saturated rings. The molecule has 1 aliphatic rings. The Morgan fingerprint density at radius 1 is 0.957 bits per heavy atom. The smallest absolute Gasteiger partial charge is 0.124 e. The minimum Gasteiger partial charge on any atom is -0.326 e. The van der Waals surface area contributed by atoms with E-state index in [1.54, 1.807) is 0 Å². The van der Waals surface area contributed by atoms with Gasteiger partial charge in [0.05, 0.1) is 17.6 Å². The van der Waals surface area contributed by atoms with Crippen molar-refractivity contribution in [3.05, 3.63) is 60.4 Å². The molecule has 3 nitrogen and oxygen atoms in total. The van der Waals surface area contributed by atoms with Crippen LogP contribution in [-0.4, -0.2) is 33.3 Å². The lowest BCUT2D eigenvalue weighted by atomic mass is 10.3. The molecule has 0 N–H and O–H groups in total. The van der Waals surface area contributed by atoms with Gasteiger partial charge in [-0.05, 0) is 43.0 Å². The summed E-state index contributed by atoms with van der Waals surface area (Å²) in [5.74, 6) is 2.39. The number of para-hydroxylation sites is 2. The van der Waals surface area contributed by atoms with Crippen molar-refractivity contribution in [2.75, 3.05) is 18.8 Å². The van der Waals surface area contributed by atoms with Gasteiger partial charge in [-0.15, -0.1) is 11.8 Å². The number of nitrogens with zero attached hydrogens (tertiary/aromatic N) is 3. The predicted molar refractivity (Wildman–Crippen MR) is 96.8 cm³/mol. The summed E-state index contributed by atoms with van der Waals surface area (Å²) in [7, 11) is 0. The predicted octanol–water partition coefficient (Wildman–Crippen LogP) is 4.03. The van der Waals surface area contributed by atoms with Crippen molar-refractivity contribution in [1.29, 1.82) is 0 Å². The second kappa shape index (κ2) is 6.77. The van der Waals surface area contributed by atoms with Crippen LogP contribution >= 0.6 is 11.8 Å². The number of imidazole rings is 1. The highest BCUT2D eigenvalue weighted by molar-refractivity contribution is 7.99. The SMILES string of the molecule is c1ccc(SCCCN2CCn3c(nc4ccccc43)C2)cc1. The molecule has 23 heavy (non-hydrogen) atoms. The molecule has 1 aliphatic heterocycles. The maximum absolute atomic E-state index is 4.80. The summed E-state index contributed by atoms with van der Waals surface area (Å²) in [6.07, 6.45) is 1.22. The first-order valence-electron chi connectivity index (χ1n) is 8.24. The maximum atomic E-state index is 4.80. The van der Waals surface area contributed by atoms with Crippen LogP contribution in [0.3, 0.4) is 0 Å². The number of fused-ring (bicyclic) bond motifs is 3. The standard InChI is InChI=1S/C19H21N3S/c1-2-7-16(8-3-1)23-14-6-11-21-12-13-22-18-10-5-4-9-17(18)20-19(22)15-21/h1-5,7-10H,6,11-15H2. The van der Waals surface area contributed by atoms with E-state index in [0.717, 1.165) is 31.7 Å². The number of hydrogen-bond donors (Lipinski definition) is 0. The summed E-state index contributed by atoms with van der Waals surface area (Å²) in [5, 5.41) is 0. The van der Waals surface area contributed by atoms with Crippen LogP contribution in [0.4, 0.5) is 0 Å². The fourth-order valence-corrected chi connectivity index (χ4v) is 4.06. The minimum atomic E-state index is 0.977. The van der Waals surface area contributed by atoms with Crippen molar-refractivity contribution < 1.29 is 0 Å². The first-order valence-corrected chi connectivity index (χ1v) is 9.23. The number of rotatable bonds is 5. The third kappa shape index (κ3) is 3.28. The van der Waals surface area contributed by atoms with Crippen molar-refractivity contribution in [2.45, 2.75) is 24.4 Å². The van der Waals surface area contributed by atoms with E-state index in [2.05, 4.69) is 64.1 Å². The largest absolute Gasteiger partial charge is 0.326 e. The van der Waals surface area contributed by atoms with E-state index in [1.165, 1.54) is 28.4 Å². The lowest BCUT2D eigenvalue weighted by Crippen LogP contribution is -2.34. The molecule has 0 atom stereocenters. The Hall–Kier alpha value is -1.78. The number of thioether (sulfide) groups is 1. The summed E-state index contributed by atoms with van der Waals surface area (Å²) >= 11 is 1.95. The third-order valence-corrected chi connectivity index (χ3v) is 5.47. The highest BCUT2D eigenvalue weighted by Gasteiger charge is 2.19. The van der Waals surface area contributed by atoms with Gasteiger partial charge in [0.25, 0.3) is 0 Å². The van der Waals surface area contributed by atoms with Gasteiger partial charge in [0.1, 0.15) is 5.82 Å². The molecule has 0 spiro atoms. The van der Waals surface area contributed by atoms with E-state index < -0.39 is 0 Å². The normalized spacial score (nSPS) is 15.0. The summed E-state index contributed by atoms with van der Waals surface area (Å²) in [6, 6.07) is 19.1. The van der Waals surface area contributed by atoms with Crippen LogP contribution in [0.2, 0.25) is 0 Å². The van der Waals surface area contributed by atoms with Gasteiger partial charge in [-0.3, -0.25) is 4.90 Å². The monoisotopic (exact) mass is 323 g/mol. The average Bonchev–Trinajstić information content (AvgIpc) is 2.97. The first kappa shape index (κ1) is 14.8. The molecule has 4 heteroatoms. The van der Waals surface area contributed by atoms with Crippen LogP contribution < -0.4 is 0 Å². The van der Waals surface area contributed by atoms with Gasteiger partial charge in [-0.25, -0.2) is 4.98 Å². The zero-order valence-electron chi connectivity index (χ0n) is 13.2. The zero-order valence-corrected chi connectivity index (χ0v) is 14.0. The molecule has 0 amide bonds. The van der Waals surface area contributed by atoms with E-state index >= 15 is 0 Å². The van der Waals surface area contributed by atoms with Gasteiger partial charge in [-0.1, -0.05) is 30.3 Å². The van der Waals surface area contributed by atoms with Crippen molar-refractivity contribution in [1.82, 2.24) is 14.5 Å². The van der Waals surface area contributed by atoms with Crippen molar-refractivity contribution in [3.8, 4) is 0 Å². The fourth-order valence-electron chi connectivity index (χ4n) is 3.20. The molecular weight excluding hydrogens is 302 g/mol. The molecule has 0 radical (unpaired) electrons. The third-order valence-electron chi connectivity index (χ3n) is 4.37. The first-order chi connectivity index (χ1) is 11.4. The van der Waals surface area contributed by atoms with E-state index in [0.29, 0.717) is 0 Å². The molecule has 0 aliphatic carbocycles. The Labute approximate surface area is 141 Å². The van der Waals surface area contributed by atoms with Gasteiger partial charge in [0, 0.05) is 18.0 Å². The Morgan fingerprint density at radius 2 is 1.78 bits per heavy atom. The second-order valence-electron chi connectivity index (χ2n) is 5.96. The highest BCUT2D eigenvalue weighted by Crippen LogP contribution is 2.22. The maximum Gasteiger partial charge on any atom is 0.124 e. The zero-order chi connectivity index (χ0) is 15.5. The molecule has 3 aromatic rings. The molecule has 0 saturated heterocycles. The van der Waals surface area contributed by atoms with Crippen LogP contribution in [0.25, 0.3) is 11.0 Å². The van der Waals surface area contributed by atoms with Gasteiger partial charge in [0.2, 0.25) is 0 Å². The van der Waals surface area contributed by atoms with Crippen LogP contribution in [0, 0.1) is 0 Å². The molecule has 1 aromatic heterocycles. The van der Waals surface area contributed by atoms with Gasteiger partial charge < -0.3 is 4.57 Å². The molecule has 2 aromatic carbocycles. The molecule has 4 rings (SSSR count). The second-order valence-corrected chi connectivity index (χ2v) is 7.13. The van der Waals surface area contributed by atoms with Crippen molar-refractivity contribution in [3.63, 3.8) is 0 Å². The van der Waals surface area contributed by atoms with E-state index in [1.807, 2.05) is 11.8 Å². The summed E-state index contributed by atoms with van der Waals surface area (Å²) in [6.45, 7) is 4.32. The van der Waals surface area contributed by atoms with Gasteiger partial charge in [-0.2, -0.15) is 0 Å². The van der Waals surface area contributed by atoms with Gasteiger partial charge >= 0.3 is 0 Å². The molecular formula is C19H21N3S. The lowest BCUT2D eigenvalue weighted by molar-refractivity contribution is 0.220. The summed E-state index contributed by atoms with van der Waals surface area (Å²) in [5.41, 5.74) is 2.41. The Kier molecular flexibility index (Phi) is 4.35. The molecule has 0 bridgehead atoms. The van der Waals surface area contributed by atoms with Crippen LogP contribution in [0.15, 0.2) is 59.5 Å². The number of benzene rings is 2. The highest BCUT2D eigenvalue weighted by atomic mass is 32.2. The Bertz CT molecular complexity index is 782. The molecule has 0 unspecified atom stereocenters. The molecule has 2 heterocycles. The number of hydrogen-bond acceptors (Lipinski definition) is 3. The van der Waals surface area contributed by atoms with E-state index in [-0.39, 0.29) is 0 Å².